The highest BCUT2D eigenvalue weighted by Crippen LogP contribution is 2.25. The average molecular weight is 416 g/mol. The maximum absolute atomic E-state index is 13.5. The zero-order valence-corrected chi connectivity index (χ0v) is 16.9. The van der Waals surface area contributed by atoms with Gasteiger partial charge in [0.2, 0.25) is 0 Å². The van der Waals surface area contributed by atoms with E-state index in [4.69, 9.17) is 4.74 Å². The third kappa shape index (κ3) is 5.94. The van der Waals surface area contributed by atoms with Crippen molar-refractivity contribution in [1.82, 2.24) is 0 Å². The smallest absolute Gasteiger partial charge is 0.266 e. The molecule has 0 aliphatic heterocycles. The average Bonchev–Trinajstić information content (AvgIpc) is 2.75. The monoisotopic (exact) mass is 416 g/mol. The molecule has 0 radical (unpaired) electrons. The van der Waals surface area contributed by atoms with E-state index in [-0.39, 0.29) is 17.1 Å². The van der Waals surface area contributed by atoms with Gasteiger partial charge in [0.25, 0.3) is 5.91 Å². The number of halogens is 1. The predicted octanol–water partition coefficient (Wildman–Crippen LogP) is 5.07. The van der Waals surface area contributed by atoms with Gasteiger partial charge in [-0.1, -0.05) is 24.3 Å². The van der Waals surface area contributed by atoms with Gasteiger partial charge in [-0.15, -0.1) is 0 Å². The lowest BCUT2D eigenvalue weighted by molar-refractivity contribution is -0.112. The van der Waals surface area contributed by atoms with E-state index in [9.17, 15) is 19.6 Å². The summed E-state index contributed by atoms with van der Waals surface area (Å²) in [5.41, 5.74) is 2.70. The molecule has 156 valence electrons. The summed E-state index contributed by atoms with van der Waals surface area (Å²) in [6, 6.07) is 19.6. The van der Waals surface area contributed by atoms with E-state index in [1.54, 1.807) is 18.2 Å². The van der Waals surface area contributed by atoms with Crippen molar-refractivity contribution in [2.24, 2.45) is 0 Å². The van der Waals surface area contributed by atoms with Crippen LogP contribution in [0, 0.1) is 17.1 Å². The van der Waals surface area contributed by atoms with Gasteiger partial charge >= 0.3 is 0 Å². The van der Waals surface area contributed by atoms with Crippen LogP contribution in [-0.4, -0.2) is 17.6 Å². The second-order valence-corrected chi connectivity index (χ2v) is 6.78. The summed E-state index contributed by atoms with van der Waals surface area (Å²) in [6.45, 7) is 2.30. The number of aromatic hydroxyl groups is 1. The topological polar surface area (TPSA) is 82.3 Å². The zero-order chi connectivity index (χ0) is 22.2. The Balaban J connectivity index is 1.83. The Morgan fingerprint density at radius 2 is 1.94 bits per heavy atom. The minimum absolute atomic E-state index is 0.0756. The van der Waals surface area contributed by atoms with Crippen molar-refractivity contribution in [2.45, 2.75) is 13.3 Å². The number of nitrogens with one attached hydrogen (secondary N) is 1. The molecule has 3 rings (SSSR count). The lowest BCUT2D eigenvalue weighted by atomic mass is 10.0. The highest BCUT2D eigenvalue weighted by Gasteiger charge is 2.12. The molecular weight excluding hydrogens is 395 g/mol. The summed E-state index contributed by atoms with van der Waals surface area (Å²) < 4.78 is 19.2. The van der Waals surface area contributed by atoms with Gasteiger partial charge in [-0.05, 0) is 72.2 Å². The van der Waals surface area contributed by atoms with Gasteiger partial charge in [-0.25, -0.2) is 4.39 Å². The molecular formula is C25H21FN2O3. The molecule has 0 saturated carbocycles. The van der Waals surface area contributed by atoms with E-state index >= 15 is 0 Å². The molecule has 0 spiro atoms. The fraction of sp³-hybridized carbons (Fsp3) is 0.120. The number of carbonyl (C=O) groups is 1. The third-order valence-electron chi connectivity index (χ3n) is 4.48. The first kappa shape index (κ1) is 21.6. The normalized spacial score (nSPS) is 10.9. The summed E-state index contributed by atoms with van der Waals surface area (Å²) in [5, 5.41) is 21.4. The number of rotatable bonds is 7. The van der Waals surface area contributed by atoms with Crippen LogP contribution in [-0.2, 0) is 11.2 Å². The van der Waals surface area contributed by atoms with Crippen molar-refractivity contribution in [3.8, 4) is 17.6 Å². The summed E-state index contributed by atoms with van der Waals surface area (Å²) in [5.74, 6) is -0.170. The Labute approximate surface area is 180 Å². The molecule has 3 aromatic carbocycles. The summed E-state index contributed by atoms with van der Waals surface area (Å²) in [7, 11) is 0. The summed E-state index contributed by atoms with van der Waals surface area (Å²) in [6.07, 6.45) is 1.97. The van der Waals surface area contributed by atoms with E-state index < -0.39 is 5.91 Å². The van der Waals surface area contributed by atoms with Crippen LogP contribution in [0.2, 0.25) is 0 Å². The van der Waals surface area contributed by atoms with Gasteiger partial charge in [0, 0.05) is 12.1 Å². The van der Waals surface area contributed by atoms with Crippen LogP contribution in [0.25, 0.3) is 6.08 Å². The van der Waals surface area contributed by atoms with Crippen LogP contribution in [0.15, 0.2) is 72.3 Å². The van der Waals surface area contributed by atoms with Crippen LogP contribution >= 0.6 is 0 Å². The molecule has 0 saturated heterocycles. The highest BCUT2D eigenvalue weighted by molar-refractivity contribution is 6.09. The van der Waals surface area contributed by atoms with Gasteiger partial charge in [-0.3, -0.25) is 4.79 Å². The molecule has 6 heteroatoms. The molecule has 0 aromatic heterocycles. The van der Waals surface area contributed by atoms with Gasteiger partial charge in [0.15, 0.2) is 0 Å². The number of anilines is 1. The second-order valence-electron chi connectivity index (χ2n) is 6.78. The molecule has 1 amide bonds. The fourth-order valence-electron chi connectivity index (χ4n) is 3.02. The maximum Gasteiger partial charge on any atom is 0.266 e. The molecule has 0 atom stereocenters. The number of phenolic OH excluding ortho intramolecular Hbond substituents is 1. The molecule has 31 heavy (non-hydrogen) atoms. The van der Waals surface area contributed by atoms with Gasteiger partial charge in [0.05, 0.1) is 6.61 Å². The number of phenols is 1. The third-order valence-corrected chi connectivity index (χ3v) is 4.48. The first-order valence-electron chi connectivity index (χ1n) is 9.71. The molecule has 0 aliphatic rings. The van der Waals surface area contributed by atoms with Crippen LogP contribution in [0.1, 0.15) is 23.6 Å². The van der Waals surface area contributed by atoms with Crippen LogP contribution in [0.4, 0.5) is 10.1 Å². The van der Waals surface area contributed by atoms with Gasteiger partial charge in [-0.2, -0.15) is 5.26 Å². The van der Waals surface area contributed by atoms with Crippen LogP contribution in [0.5, 0.6) is 11.5 Å². The molecule has 0 unspecified atom stereocenters. The van der Waals surface area contributed by atoms with E-state index in [0.29, 0.717) is 30.0 Å². The minimum atomic E-state index is -0.560. The maximum atomic E-state index is 13.5. The van der Waals surface area contributed by atoms with Gasteiger partial charge in [0.1, 0.15) is 29.0 Å². The second kappa shape index (κ2) is 10.1. The molecule has 5 nitrogen and oxygen atoms in total. The quantitative estimate of drug-likeness (QED) is 0.320. The van der Waals surface area contributed by atoms with Crippen molar-refractivity contribution in [3.63, 3.8) is 0 Å². The number of benzene rings is 3. The number of hydrogen-bond acceptors (Lipinski definition) is 4. The lowest BCUT2D eigenvalue weighted by Gasteiger charge is -2.12. The Hall–Kier alpha value is -4.11. The first-order chi connectivity index (χ1) is 15.0. The van der Waals surface area contributed by atoms with E-state index in [1.807, 2.05) is 25.1 Å². The Kier molecular flexibility index (Phi) is 7.02. The number of nitrogens with zero attached hydrogens (tertiary/aromatic N) is 1. The van der Waals surface area contributed by atoms with Crippen LogP contribution in [0.3, 0.4) is 0 Å². The van der Waals surface area contributed by atoms with Crippen LogP contribution < -0.4 is 10.1 Å². The lowest BCUT2D eigenvalue weighted by Crippen LogP contribution is -2.13. The fourth-order valence-corrected chi connectivity index (χ4v) is 3.02. The Morgan fingerprint density at radius 3 is 2.61 bits per heavy atom. The highest BCUT2D eigenvalue weighted by atomic mass is 19.1. The number of amides is 1. The Bertz CT molecular complexity index is 1150. The predicted molar refractivity (Wildman–Crippen MR) is 117 cm³/mol. The first-order valence-corrected chi connectivity index (χ1v) is 9.71. The molecule has 0 heterocycles. The van der Waals surface area contributed by atoms with Gasteiger partial charge < -0.3 is 15.2 Å². The standard InChI is InChI=1S/C25H21FN2O3/c1-2-31-24-15-18(6-7-19(24)12-17-4-3-5-21(26)14-17)13-20(16-27)25(30)28-22-8-10-23(29)11-9-22/h3-11,13-15,29H,2,12H2,1H3,(H,28,30)/b20-13+. The number of hydrogen-bond donors (Lipinski definition) is 2. The summed E-state index contributed by atoms with van der Waals surface area (Å²) >= 11 is 0. The largest absolute Gasteiger partial charge is 0.508 e. The van der Waals surface area contributed by atoms with Crippen molar-refractivity contribution < 1.29 is 19.0 Å². The molecule has 3 aromatic rings. The molecule has 0 bridgehead atoms. The number of nitriles is 1. The van der Waals surface area contributed by atoms with E-state index in [2.05, 4.69) is 5.32 Å². The van der Waals surface area contributed by atoms with Crippen molar-refractivity contribution in [1.29, 1.82) is 5.26 Å². The van der Waals surface area contributed by atoms with E-state index in [1.165, 1.54) is 42.5 Å². The molecule has 2 N–H and O–H groups in total. The Morgan fingerprint density at radius 1 is 1.16 bits per heavy atom. The minimum Gasteiger partial charge on any atom is -0.508 e. The van der Waals surface area contributed by atoms with Crippen molar-refractivity contribution in [2.75, 3.05) is 11.9 Å². The SMILES string of the molecule is CCOc1cc(/C=C(\C#N)C(=O)Nc2ccc(O)cc2)ccc1Cc1cccc(F)c1. The summed E-state index contributed by atoms with van der Waals surface area (Å²) in [4.78, 5) is 12.5. The zero-order valence-electron chi connectivity index (χ0n) is 16.9. The van der Waals surface area contributed by atoms with E-state index in [0.717, 1.165) is 11.1 Å². The van der Waals surface area contributed by atoms with Crippen molar-refractivity contribution in [3.05, 3.63) is 94.8 Å². The number of ether oxygens (including phenoxy) is 1. The van der Waals surface area contributed by atoms with Crippen molar-refractivity contribution >= 4 is 17.7 Å². The number of carbonyl (C=O) groups excluding carboxylic acids is 1. The molecule has 0 aliphatic carbocycles. The molecule has 0 fully saturated rings.